The van der Waals surface area contributed by atoms with Gasteiger partial charge in [-0.05, 0) is 55.3 Å². The number of fused-ring (bicyclic) bond motifs is 1. The number of nitrogens with one attached hydrogen (secondary N) is 1. The Morgan fingerprint density at radius 2 is 2.00 bits per heavy atom. The van der Waals surface area contributed by atoms with E-state index in [4.69, 9.17) is 9.47 Å². The molecule has 1 aliphatic rings. The van der Waals surface area contributed by atoms with Gasteiger partial charge in [0.05, 0.1) is 35.9 Å². The zero-order chi connectivity index (χ0) is 24.8. The second kappa shape index (κ2) is 11.6. The van der Waals surface area contributed by atoms with Gasteiger partial charge in [-0.25, -0.2) is 9.37 Å². The SMILES string of the molecule is COCCNC(=O)c1ccc2c(=O)n(C[C@@H]3CCCO3)c(SCC(=O)c3ccc(F)cc3)nc2c1. The highest BCUT2D eigenvalue weighted by atomic mass is 32.2. The smallest absolute Gasteiger partial charge is 0.262 e. The molecule has 10 heteroatoms. The minimum atomic E-state index is -0.419. The summed E-state index contributed by atoms with van der Waals surface area (Å²) in [6.07, 6.45) is 1.65. The summed E-state index contributed by atoms with van der Waals surface area (Å²) in [7, 11) is 1.55. The van der Waals surface area contributed by atoms with E-state index in [1.807, 2.05) is 0 Å². The first-order valence-corrected chi connectivity index (χ1v) is 12.3. The maximum Gasteiger partial charge on any atom is 0.262 e. The van der Waals surface area contributed by atoms with Gasteiger partial charge in [-0.15, -0.1) is 0 Å². The zero-order valence-corrected chi connectivity index (χ0v) is 20.1. The summed E-state index contributed by atoms with van der Waals surface area (Å²) in [6, 6.07) is 10.1. The van der Waals surface area contributed by atoms with Crippen LogP contribution in [0.5, 0.6) is 0 Å². The summed E-state index contributed by atoms with van der Waals surface area (Å²) in [5.74, 6) is -0.904. The molecule has 0 aliphatic carbocycles. The van der Waals surface area contributed by atoms with E-state index in [2.05, 4.69) is 10.3 Å². The van der Waals surface area contributed by atoms with Crippen molar-refractivity contribution < 1.29 is 23.5 Å². The van der Waals surface area contributed by atoms with Gasteiger partial charge in [0.1, 0.15) is 5.82 Å². The molecule has 1 atom stereocenters. The first-order chi connectivity index (χ1) is 17.0. The maximum atomic E-state index is 13.4. The van der Waals surface area contributed by atoms with Crippen LogP contribution in [0.3, 0.4) is 0 Å². The van der Waals surface area contributed by atoms with E-state index in [1.54, 1.807) is 29.9 Å². The van der Waals surface area contributed by atoms with Crippen molar-refractivity contribution in [1.82, 2.24) is 14.9 Å². The summed E-state index contributed by atoms with van der Waals surface area (Å²) < 4.78 is 25.4. The molecule has 1 amide bonds. The average Bonchev–Trinajstić information content (AvgIpc) is 3.38. The quantitative estimate of drug-likeness (QED) is 0.198. The molecule has 184 valence electrons. The first-order valence-electron chi connectivity index (χ1n) is 11.3. The van der Waals surface area contributed by atoms with Gasteiger partial charge in [-0.1, -0.05) is 11.8 Å². The molecule has 1 saturated heterocycles. The number of hydrogen-bond acceptors (Lipinski definition) is 7. The van der Waals surface area contributed by atoms with Crippen LogP contribution in [0.25, 0.3) is 10.9 Å². The second-order valence-electron chi connectivity index (χ2n) is 8.14. The Labute approximate surface area is 205 Å². The summed E-state index contributed by atoms with van der Waals surface area (Å²) >= 11 is 1.13. The highest BCUT2D eigenvalue weighted by Crippen LogP contribution is 2.23. The summed E-state index contributed by atoms with van der Waals surface area (Å²) in [5.41, 5.74) is 0.863. The molecular weight excluding hydrogens is 473 g/mol. The molecule has 1 fully saturated rings. The number of carbonyl (C=O) groups is 2. The number of carbonyl (C=O) groups excluding carboxylic acids is 2. The number of aromatic nitrogens is 2. The van der Waals surface area contributed by atoms with Gasteiger partial charge < -0.3 is 14.8 Å². The third-order valence-electron chi connectivity index (χ3n) is 5.68. The molecular formula is C25H26FN3O5S. The van der Waals surface area contributed by atoms with E-state index in [0.717, 1.165) is 24.6 Å². The predicted molar refractivity (Wildman–Crippen MR) is 131 cm³/mol. The lowest BCUT2D eigenvalue weighted by molar-refractivity contribution is 0.0935. The molecule has 2 aromatic carbocycles. The van der Waals surface area contributed by atoms with Crippen molar-refractivity contribution in [3.05, 3.63) is 69.8 Å². The van der Waals surface area contributed by atoms with Crippen molar-refractivity contribution in [3.63, 3.8) is 0 Å². The molecule has 0 saturated carbocycles. The number of hydrogen-bond donors (Lipinski definition) is 1. The van der Waals surface area contributed by atoms with Crippen molar-refractivity contribution in [2.45, 2.75) is 30.6 Å². The Balaban J connectivity index is 1.64. The lowest BCUT2D eigenvalue weighted by Crippen LogP contribution is -2.29. The van der Waals surface area contributed by atoms with Crippen LogP contribution in [-0.2, 0) is 16.0 Å². The fourth-order valence-corrected chi connectivity index (χ4v) is 4.73. The van der Waals surface area contributed by atoms with Gasteiger partial charge in [0.15, 0.2) is 10.9 Å². The fourth-order valence-electron chi connectivity index (χ4n) is 3.82. The van der Waals surface area contributed by atoms with Gasteiger partial charge in [-0.3, -0.25) is 19.0 Å². The van der Waals surface area contributed by atoms with Gasteiger partial charge in [-0.2, -0.15) is 0 Å². The van der Waals surface area contributed by atoms with E-state index in [0.29, 0.717) is 53.5 Å². The van der Waals surface area contributed by atoms with Crippen LogP contribution in [0.2, 0.25) is 0 Å². The number of amides is 1. The lowest BCUT2D eigenvalue weighted by Gasteiger charge is -2.16. The first kappa shape index (κ1) is 25.0. The Morgan fingerprint density at radius 1 is 1.23 bits per heavy atom. The summed E-state index contributed by atoms with van der Waals surface area (Å²) in [4.78, 5) is 43.2. The molecule has 3 aromatic rings. The van der Waals surface area contributed by atoms with Crippen molar-refractivity contribution in [2.75, 3.05) is 32.6 Å². The van der Waals surface area contributed by atoms with Crippen LogP contribution in [-0.4, -0.2) is 60.0 Å². The highest BCUT2D eigenvalue weighted by molar-refractivity contribution is 7.99. The van der Waals surface area contributed by atoms with Crippen molar-refractivity contribution in [3.8, 4) is 0 Å². The average molecular weight is 500 g/mol. The molecule has 35 heavy (non-hydrogen) atoms. The van der Waals surface area contributed by atoms with Gasteiger partial charge in [0.2, 0.25) is 0 Å². The predicted octanol–water partition coefficient (Wildman–Crippen LogP) is 3.07. The van der Waals surface area contributed by atoms with E-state index in [9.17, 15) is 18.8 Å². The van der Waals surface area contributed by atoms with Crippen LogP contribution in [0.4, 0.5) is 4.39 Å². The Morgan fingerprint density at radius 3 is 2.71 bits per heavy atom. The number of nitrogens with zero attached hydrogens (tertiary/aromatic N) is 2. The van der Waals surface area contributed by atoms with Gasteiger partial charge in [0, 0.05) is 31.4 Å². The molecule has 1 aromatic heterocycles. The Bertz CT molecular complexity index is 1270. The second-order valence-corrected chi connectivity index (χ2v) is 9.09. The Hall–Kier alpha value is -3.08. The minimum Gasteiger partial charge on any atom is -0.383 e. The third kappa shape index (κ3) is 6.14. The lowest BCUT2D eigenvalue weighted by atomic mass is 10.1. The number of ketones is 1. The van der Waals surface area contributed by atoms with E-state index in [-0.39, 0.29) is 29.1 Å². The molecule has 0 bridgehead atoms. The molecule has 0 spiro atoms. The number of ether oxygens (including phenoxy) is 2. The molecule has 8 nitrogen and oxygen atoms in total. The topological polar surface area (TPSA) is 99.5 Å². The highest BCUT2D eigenvalue weighted by Gasteiger charge is 2.21. The number of rotatable bonds is 10. The molecule has 4 rings (SSSR count). The monoisotopic (exact) mass is 499 g/mol. The normalized spacial score (nSPS) is 15.4. The van der Waals surface area contributed by atoms with Crippen LogP contribution in [0.15, 0.2) is 52.4 Å². The molecule has 2 heterocycles. The standard InChI is InChI=1S/C25H26FN3O5S/c1-33-12-10-27-23(31)17-6-9-20-21(13-17)28-25(29(24(20)32)14-19-3-2-11-34-19)35-15-22(30)16-4-7-18(26)8-5-16/h4-9,13,19H,2-3,10-12,14-15H2,1H3,(H,27,31)/t19-/m0/s1. The molecule has 1 N–H and O–H groups in total. The Kier molecular flexibility index (Phi) is 8.27. The van der Waals surface area contributed by atoms with Gasteiger partial charge >= 0.3 is 0 Å². The third-order valence-corrected chi connectivity index (χ3v) is 6.66. The van der Waals surface area contributed by atoms with E-state index < -0.39 is 5.82 Å². The number of thioether (sulfide) groups is 1. The summed E-state index contributed by atoms with van der Waals surface area (Å²) in [5, 5.41) is 3.49. The number of methoxy groups -OCH3 is 1. The number of benzene rings is 2. The number of halogens is 1. The van der Waals surface area contributed by atoms with Crippen LogP contribution in [0.1, 0.15) is 33.6 Å². The van der Waals surface area contributed by atoms with Crippen molar-refractivity contribution >= 4 is 34.4 Å². The largest absolute Gasteiger partial charge is 0.383 e. The van der Waals surface area contributed by atoms with E-state index >= 15 is 0 Å². The molecule has 1 aliphatic heterocycles. The summed E-state index contributed by atoms with van der Waals surface area (Å²) in [6.45, 7) is 1.71. The molecule has 0 radical (unpaired) electrons. The van der Waals surface area contributed by atoms with Gasteiger partial charge in [0.25, 0.3) is 11.5 Å². The molecule has 0 unspecified atom stereocenters. The van der Waals surface area contributed by atoms with Crippen LogP contribution < -0.4 is 10.9 Å². The van der Waals surface area contributed by atoms with Crippen LogP contribution in [0, 0.1) is 5.82 Å². The maximum absolute atomic E-state index is 13.4. The van der Waals surface area contributed by atoms with Crippen molar-refractivity contribution in [1.29, 1.82) is 0 Å². The zero-order valence-electron chi connectivity index (χ0n) is 19.3. The van der Waals surface area contributed by atoms with Crippen LogP contribution >= 0.6 is 11.8 Å². The van der Waals surface area contributed by atoms with E-state index in [1.165, 1.54) is 24.3 Å². The number of Topliss-reactive ketones (excluding diaryl/α,β-unsaturated/α-hetero) is 1. The fraction of sp³-hybridized carbons (Fsp3) is 0.360. The minimum absolute atomic E-state index is 0.0201. The van der Waals surface area contributed by atoms with Crippen molar-refractivity contribution in [2.24, 2.45) is 0 Å².